The third-order valence-corrected chi connectivity index (χ3v) is 2.25. The SMILES string of the molecule is O=C1NCC(Cl)CC1(Cl)Cl. The molecule has 58 valence electrons. The number of rotatable bonds is 0. The minimum absolute atomic E-state index is 0.160. The van der Waals surface area contributed by atoms with Gasteiger partial charge in [0, 0.05) is 13.0 Å². The number of nitrogens with one attached hydrogen (secondary N) is 1. The quantitative estimate of drug-likeness (QED) is 0.589. The summed E-state index contributed by atoms with van der Waals surface area (Å²) in [5.74, 6) is -0.354. The summed E-state index contributed by atoms with van der Waals surface area (Å²) in [6.45, 7) is 0.446. The number of carbonyl (C=O) groups is 1. The molecule has 0 saturated carbocycles. The van der Waals surface area contributed by atoms with E-state index in [1.807, 2.05) is 0 Å². The van der Waals surface area contributed by atoms with Crippen LogP contribution in [0, 0.1) is 0 Å². The first-order chi connectivity index (χ1) is 4.52. The molecule has 1 fully saturated rings. The number of piperidine rings is 1. The lowest BCUT2D eigenvalue weighted by Crippen LogP contribution is -2.48. The van der Waals surface area contributed by atoms with Crippen LogP contribution in [0.2, 0.25) is 0 Å². The van der Waals surface area contributed by atoms with Crippen LogP contribution in [0.4, 0.5) is 0 Å². The number of amides is 1. The van der Waals surface area contributed by atoms with Gasteiger partial charge < -0.3 is 5.32 Å². The zero-order valence-corrected chi connectivity index (χ0v) is 7.30. The highest BCUT2D eigenvalue weighted by molar-refractivity contribution is 6.58. The van der Waals surface area contributed by atoms with Crippen LogP contribution in [-0.2, 0) is 4.79 Å². The molecule has 1 amide bonds. The maximum absolute atomic E-state index is 10.8. The van der Waals surface area contributed by atoms with Crippen LogP contribution in [0.3, 0.4) is 0 Å². The average Bonchev–Trinajstić information content (AvgIpc) is 1.78. The van der Waals surface area contributed by atoms with Crippen molar-refractivity contribution in [2.75, 3.05) is 6.54 Å². The smallest absolute Gasteiger partial charge is 0.256 e. The molecular weight excluding hydrogens is 196 g/mol. The first-order valence-corrected chi connectivity index (χ1v) is 4.02. The maximum Gasteiger partial charge on any atom is 0.256 e. The van der Waals surface area contributed by atoms with Crippen molar-refractivity contribution >= 4 is 40.7 Å². The van der Waals surface area contributed by atoms with Gasteiger partial charge in [-0.25, -0.2) is 0 Å². The second-order valence-corrected chi connectivity index (χ2v) is 4.32. The van der Waals surface area contributed by atoms with Gasteiger partial charge in [-0.3, -0.25) is 4.79 Å². The van der Waals surface area contributed by atoms with E-state index in [1.165, 1.54) is 0 Å². The van der Waals surface area contributed by atoms with Gasteiger partial charge in [-0.15, -0.1) is 11.6 Å². The molecule has 1 heterocycles. The first-order valence-electron chi connectivity index (χ1n) is 2.82. The Hall–Kier alpha value is 0.340. The first kappa shape index (κ1) is 8.44. The van der Waals surface area contributed by atoms with Gasteiger partial charge in [0.25, 0.3) is 5.91 Å². The Morgan fingerprint density at radius 1 is 1.60 bits per heavy atom. The Morgan fingerprint density at radius 3 is 2.60 bits per heavy atom. The van der Waals surface area contributed by atoms with Crippen molar-refractivity contribution in [1.29, 1.82) is 0 Å². The highest BCUT2D eigenvalue weighted by Gasteiger charge is 2.39. The minimum atomic E-state index is -1.33. The van der Waals surface area contributed by atoms with Crippen molar-refractivity contribution in [1.82, 2.24) is 5.32 Å². The number of carbonyl (C=O) groups excluding carboxylic acids is 1. The van der Waals surface area contributed by atoms with Crippen molar-refractivity contribution in [3.63, 3.8) is 0 Å². The Balaban J connectivity index is 2.63. The van der Waals surface area contributed by atoms with Crippen molar-refractivity contribution in [3.8, 4) is 0 Å². The van der Waals surface area contributed by atoms with Crippen LogP contribution < -0.4 is 5.32 Å². The molecule has 1 N–H and O–H groups in total. The fraction of sp³-hybridized carbons (Fsp3) is 0.800. The summed E-state index contributed by atoms with van der Waals surface area (Å²) in [4.78, 5) is 10.8. The third-order valence-electron chi connectivity index (χ3n) is 1.29. The zero-order chi connectivity index (χ0) is 7.78. The molecule has 1 aliphatic rings. The van der Waals surface area contributed by atoms with E-state index in [2.05, 4.69) is 5.32 Å². The molecule has 5 heteroatoms. The summed E-state index contributed by atoms with van der Waals surface area (Å²) in [5.41, 5.74) is 0. The van der Waals surface area contributed by atoms with E-state index in [4.69, 9.17) is 34.8 Å². The van der Waals surface area contributed by atoms with Crippen LogP contribution in [0.5, 0.6) is 0 Å². The minimum Gasteiger partial charge on any atom is -0.352 e. The van der Waals surface area contributed by atoms with Gasteiger partial charge in [-0.05, 0) is 0 Å². The van der Waals surface area contributed by atoms with E-state index in [9.17, 15) is 4.79 Å². The highest BCUT2D eigenvalue weighted by atomic mass is 35.5. The standard InChI is InChI=1S/C5H6Cl3NO/c6-3-1-5(7,8)4(10)9-2-3/h3H,1-2H2,(H,9,10). The summed E-state index contributed by atoms with van der Waals surface area (Å²) in [7, 11) is 0. The lowest BCUT2D eigenvalue weighted by molar-refractivity contribution is -0.122. The van der Waals surface area contributed by atoms with E-state index in [0.29, 0.717) is 13.0 Å². The number of hydrogen-bond donors (Lipinski definition) is 1. The fourth-order valence-corrected chi connectivity index (χ4v) is 1.75. The summed E-state index contributed by atoms with van der Waals surface area (Å²) in [6, 6.07) is 0. The molecule has 1 aliphatic heterocycles. The molecule has 0 aromatic rings. The molecule has 1 rings (SSSR count). The van der Waals surface area contributed by atoms with Gasteiger partial charge in [0.1, 0.15) is 0 Å². The molecule has 2 nitrogen and oxygen atoms in total. The van der Waals surface area contributed by atoms with Crippen molar-refractivity contribution in [3.05, 3.63) is 0 Å². The topological polar surface area (TPSA) is 29.1 Å². The van der Waals surface area contributed by atoms with Crippen LogP contribution in [0.25, 0.3) is 0 Å². The van der Waals surface area contributed by atoms with Crippen molar-refractivity contribution < 1.29 is 4.79 Å². The van der Waals surface area contributed by atoms with Crippen LogP contribution in [0.15, 0.2) is 0 Å². The summed E-state index contributed by atoms with van der Waals surface area (Å²) < 4.78 is -1.33. The lowest BCUT2D eigenvalue weighted by Gasteiger charge is -2.27. The predicted octanol–water partition coefficient (Wildman–Crippen LogP) is 1.29. The third kappa shape index (κ3) is 1.68. The zero-order valence-electron chi connectivity index (χ0n) is 5.03. The van der Waals surface area contributed by atoms with E-state index >= 15 is 0 Å². The molecule has 1 saturated heterocycles. The normalized spacial score (nSPS) is 31.5. The van der Waals surface area contributed by atoms with Gasteiger partial charge in [0.05, 0.1) is 5.38 Å². The molecule has 0 spiro atoms. The molecule has 0 radical (unpaired) electrons. The number of halogens is 3. The number of alkyl halides is 3. The summed E-state index contributed by atoms with van der Waals surface area (Å²) in [6.07, 6.45) is 0.309. The Kier molecular flexibility index (Phi) is 2.33. The number of hydrogen-bond acceptors (Lipinski definition) is 1. The largest absolute Gasteiger partial charge is 0.352 e. The second-order valence-electron chi connectivity index (χ2n) is 2.22. The van der Waals surface area contributed by atoms with E-state index in [-0.39, 0.29) is 11.3 Å². The van der Waals surface area contributed by atoms with Crippen molar-refractivity contribution in [2.24, 2.45) is 0 Å². The van der Waals surface area contributed by atoms with Gasteiger partial charge >= 0.3 is 0 Å². The molecule has 0 aromatic heterocycles. The van der Waals surface area contributed by atoms with Gasteiger partial charge in [0.2, 0.25) is 0 Å². The maximum atomic E-state index is 10.8. The van der Waals surface area contributed by atoms with Crippen LogP contribution in [0.1, 0.15) is 6.42 Å². The van der Waals surface area contributed by atoms with Crippen LogP contribution in [-0.4, -0.2) is 22.2 Å². The van der Waals surface area contributed by atoms with E-state index in [0.717, 1.165) is 0 Å². The Labute approximate surface area is 73.8 Å². The average molecular weight is 202 g/mol. The van der Waals surface area contributed by atoms with E-state index in [1.54, 1.807) is 0 Å². The molecule has 1 atom stereocenters. The highest BCUT2D eigenvalue weighted by Crippen LogP contribution is 2.31. The summed E-state index contributed by atoms with van der Waals surface area (Å²) >= 11 is 16.9. The Bertz CT molecular complexity index is 159. The second kappa shape index (κ2) is 2.76. The predicted molar refractivity (Wildman–Crippen MR) is 41.7 cm³/mol. The molecular formula is C5H6Cl3NO. The van der Waals surface area contributed by atoms with Gasteiger partial charge in [-0.1, -0.05) is 23.2 Å². The summed E-state index contributed by atoms with van der Waals surface area (Å²) in [5, 5.41) is 2.33. The van der Waals surface area contributed by atoms with Gasteiger partial charge in [-0.2, -0.15) is 0 Å². The molecule has 1 unspecified atom stereocenters. The Morgan fingerprint density at radius 2 is 2.20 bits per heavy atom. The van der Waals surface area contributed by atoms with Crippen LogP contribution >= 0.6 is 34.8 Å². The molecule has 0 aromatic carbocycles. The van der Waals surface area contributed by atoms with Gasteiger partial charge in [0.15, 0.2) is 4.33 Å². The lowest BCUT2D eigenvalue weighted by atomic mass is 10.1. The molecule has 10 heavy (non-hydrogen) atoms. The van der Waals surface area contributed by atoms with Crippen molar-refractivity contribution in [2.45, 2.75) is 16.1 Å². The monoisotopic (exact) mass is 201 g/mol. The molecule has 0 aliphatic carbocycles. The molecule has 0 bridgehead atoms. The van der Waals surface area contributed by atoms with E-state index < -0.39 is 4.33 Å². The fourth-order valence-electron chi connectivity index (χ4n) is 0.776.